The minimum absolute atomic E-state index is 0.0536. The summed E-state index contributed by atoms with van der Waals surface area (Å²) in [6, 6.07) is 4.23. The highest BCUT2D eigenvalue weighted by molar-refractivity contribution is 5.83. The van der Waals surface area contributed by atoms with Crippen LogP contribution in [0.2, 0.25) is 0 Å². The van der Waals surface area contributed by atoms with Crippen LogP contribution in [0.3, 0.4) is 0 Å². The predicted octanol–water partition coefficient (Wildman–Crippen LogP) is 2.67. The van der Waals surface area contributed by atoms with E-state index in [1.807, 2.05) is 6.20 Å². The van der Waals surface area contributed by atoms with Gasteiger partial charge in [-0.15, -0.1) is 0 Å². The van der Waals surface area contributed by atoms with Gasteiger partial charge >= 0.3 is 0 Å². The molecule has 5 aliphatic rings. The van der Waals surface area contributed by atoms with Crippen molar-refractivity contribution in [3.8, 4) is 0 Å². The minimum atomic E-state index is -0.0536. The number of carbonyl (C=O) groups is 1. The lowest BCUT2D eigenvalue weighted by molar-refractivity contribution is -0.146. The Kier molecular flexibility index (Phi) is 4.38. The van der Waals surface area contributed by atoms with E-state index in [0.717, 1.165) is 74.6 Å². The number of aromatic nitrogens is 1. The van der Waals surface area contributed by atoms with E-state index < -0.39 is 0 Å². The lowest BCUT2D eigenvalue weighted by atomic mass is 9.49. The molecule has 0 atom stereocenters. The molecule has 1 saturated heterocycles. The molecule has 1 N–H and O–H groups in total. The van der Waals surface area contributed by atoms with Crippen LogP contribution in [0.15, 0.2) is 18.3 Å². The van der Waals surface area contributed by atoms with Gasteiger partial charge in [-0.3, -0.25) is 4.79 Å². The number of carbonyl (C=O) groups excluding carboxylic acids is 1. The molecule has 0 unspecified atom stereocenters. The van der Waals surface area contributed by atoms with Gasteiger partial charge in [-0.2, -0.15) is 0 Å². The van der Waals surface area contributed by atoms with Crippen LogP contribution in [0.5, 0.6) is 0 Å². The van der Waals surface area contributed by atoms with Crippen LogP contribution in [0.4, 0.5) is 5.82 Å². The van der Waals surface area contributed by atoms with Gasteiger partial charge in [-0.25, -0.2) is 4.98 Å². The number of rotatable bonds is 4. The minimum Gasteiger partial charge on any atom is -0.354 e. The summed E-state index contributed by atoms with van der Waals surface area (Å²) < 4.78 is 0. The highest BCUT2D eigenvalue weighted by atomic mass is 16.2. The Morgan fingerprint density at radius 2 is 1.70 bits per heavy atom. The fourth-order valence-corrected chi connectivity index (χ4v) is 6.50. The summed E-state index contributed by atoms with van der Waals surface area (Å²) in [6.07, 6.45) is 9.47. The quantitative estimate of drug-likeness (QED) is 0.888. The summed E-state index contributed by atoms with van der Waals surface area (Å²) in [5.74, 6) is 3.80. The first kappa shape index (κ1) is 17.5. The Morgan fingerprint density at radius 1 is 1.07 bits per heavy atom. The molecule has 0 aromatic carbocycles. The highest BCUT2D eigenvalue weighted by Gasteiger charge is 2.54. The van der Waals surface area contributed by atoms with Crippen molar-refractivity contribution < 1.29 is 4.79 Å². The summed E-state index contributed by atoms with van der Waals surface area (Å²) in [7, 11) is 2.17. The average molecular weight is 369 g/mol. The molecular formula is C22H32N4O. The Morgan fingerprint density at radius 3 is 2.26 bits per heavy atom. The Labute approximate surface area is 162 Å². The Bertz CT molecular complexity index is 657. The molecule has 0 radical (unpaired) electrons. The van der Waals surface area contributed by atoms with E-state index in [2.05, 4.69) is 39.3 Å². The van der Waals surface area contributed by atoms with Gasteiger partial charge in [0.05, 0.1) is 0 Å². The fourth-order valence-electron chi connectivity index (χ4n) is 6.50. The molecule has 146 valence electrons. The third kappa shape index (κ3) is 3.35. The second-order valence-electron chi connectivity index (χ2n) is 9.70. The molecule has 1 aromatic rings. The second-order valence-corrected chi connectivity index (χ2v) is 9.70. The summed E-state index contributed by atoms with van der Waals surface area (Å²) in [5.41, 5.74) is 1.05. The van der Waals surface area contributed by atoms with E-state index in [1.165, 1.54) is 19.3 Å². The van der Waals surface area contributed by atoms with Gasteiger partial charge in [0, 0.05) is 44.3 Å². The summed E-state index contributed by atoms with van der Waals surface area (Å²) >= 11 is 0. The van der Waals surface area contributed by atoms with Crippen LogP contribution in [0.1, 0.15) is 44.1 Å². The first-order valence-electron chi connectivity index (χ1n) is 10.8. The van der Waals surface area contributed by atoms with Crippen molar-refractivity contribution in [3.05, 3.63) is 23.9 Å². The molecular weight excluding hydrogens is 336 g/mol. The zero-order valence-corrected chi connectivity index (χ0v) is 16.5. The molecule has 4 aliphatic carbocycles. The maximum atomic E-state index is 13.1. The van der Waals surface area contributed by atoms with E-state index in [0.29, 0.717) is 12.5 Å². The molecule has 1 aliphatic heterocycles. The van der Waals surface area contributed by atoms with E-state index in [9.17, 15) is 4.79 Å². The van der Waals surface area contributed by atoms with Crippen molar-refractivity contribution in [1.82, 2.24) is 15.2 Å². The third-order valence-electron chi connectivity index (χ3n) is 7.61. The topological polar surface area (TPSA) is 48.5 Å². The van der Waals surface area contributed by atoms with Crippen molar-refractivity contribution in [3.63, 3.8) is 0 Å². The number of nitrogens with one attached hydrogen (secondary N) is 1. The maximum absolute atomic E-state index is 13.1. The number of piperazine rings is 1. The van der Waals surface area contributed by atoms with Crippen molar-refractivity contribution >= 4 is 11.7 Å². The number of pyridine rings is 1. The molecule has 1 amide bonds. The van der Waals surface area contributed by atoms with E-state index >= 15 is 0 Å². The molecule has 5 nitrogen and oxygen atoms in total. The lowest BCUT2D eigenvalue weighted by Gasteiger charge is -2.55. The van der Waals surface area contributed by atoms with Crippen molar-refractivity contribution in [1.29, 1.82) is 0 Å². The molecule has 2 heterocycles. The summed E-state index contributed by atoms with van der Waals surface area (Å²) in [4.78, 5) is 22.4. The zero-order valence-electron chi connectivity index (χ0n) is 16.5. The van der Waals surface area contributed by atoms with Crippen LogP contribution >= 0.6 is 0 Å². The standard InChI is InChI=1S/C22H32N4O/c1-25-4-6-26(7-5-25)20-3-2-16(14-23-20)15-24-21(27)22-11-17-8-18(12-22)10-19(9-17)13-22/h2-3,14,17-19H,4-13,15H2,1H3,(H,24,27). The number of nitrogens with zero attached hydrogens (tertiary/aromatic N) is 3. The molecule has 4 saturated carbocycles. The van der Waals surface area contributed by atoms with Gasteiger partial charge < -0.3 is 15.1 Å². The molecule has 1 aromatic heterocycles. The molecule has 27 heavy (non-hydrogen) atoms. The van der Waals surface area contributed by atoms with Crippen molar-refractivity contribution in [2.24, 2.45) is 23.2 Å². The number of likely N-dealkylation sites (N-methyl/N-ethyl adjacent to an activating group) is 1. The van der Waals surface area contributed by atoms with E-state index in [4.69, 9.17) is 0 Å². The lowest BCUT2D eigenvalue weighted by Crippen LogP contribution is -2.53. The first-order valence-corrected chi connectivity index (χ1v) is 10.8. The Balaban J connectivity index is 1.19. The number of hydrogen-bond donors (Lipinski definition) is 1. The van der Waals surface area contributed by atoms with Crippen LogP contribution in [0, 0.1) is 23.2 Å². The molecule has 4 bridgehead atoms. The summed E-state index contributed by atoms with van der Waals surface area (Å²) in [6.45, 7) is 4.85. The molecule has 0 spiro atoms. The van der Waals surface area contributed by atoms with E-state index in [1.54, 1.807) is 0 Å². The average Bonchev–Trinajstić information content (AvgIpc) is 2.66. The van der Waals surface area contributed by atoms with Crippen molar-refractivity contribution in [2.45, 2.75) is 45.1 Å². The second kappa shape index (κ2) is 6.77. The van der Waals surface area contributed by atoms with Gasteiger partial charge in [-0.1, -0.05) is 6.07 Å². The van der Waals surface area contributed by atoms with Gasteiger partial charge in [-0.05, 0) is 75.0 Å². The van der Waals surface area contributed by atoms with Crippen LogP contribution in [0.25, 0.3) is 0 Å². The van der Waals surface area contributed by atoms with Crippen LogP contribution in [-0.2, 0) is 11.3 Å². The number of amides is 1. The van der Waals surface area contributed by atoms with E-state index in [-0.39, 0.29) is 5.41 Å². The monoisotopic (exact) mass is 368 g/mol. The SMILES string of the molecule is CN1CCN(c2ccc(CNC(=O)C34CC5CC(CC(C5)C3)C4)cn2)CC1. The maximum Gasteiger partial charge on any atom is 0.226 e. The fraction of sp³-hybridized carbons (Fsp3) is 0.727. The van der Waals surface area contributed by atoms with Crippen LogP contribution in [-0.4, -0.2) is 49.0 Å². The normalized spacial score (nSPS) is 35.4. The highest BCUT2D eigenvalue weighted by Crippen LogP contribution is 2.60. The molecule has 6 rings (SSSR count). The molecule has 5 fully saturated rings. The molecule has 5 heteroatoms. The van der Waals surface area contributed by atoms with Crippen molar-refractivity contribution in [2.75, 3.05) is 38.1 Å². The Hall–Kier alpha value is -1.62. The number of hydrogen-bond acceptors (Lipinski definition) is 4. The number of anilines is 1. The first-order chi connectivity index (χ1) is 13.1. The zero-order chi connectivity index (χ0) is 18.4. The largest absolute Gasteiger partial charge is 0.354 e. The van der Waals surface area contributed by atoms with Gasteiger partial charge in [0.1, 0.15) is 5.82 Å². The predicted molar refractivity (Wildman–Crippen MR) is 106 cm³/mol. The third-order valence-corrected chi connectivity index (χ3v) is 7.61. The van der Waals surface area contributed by atoms with Gasteiger partial charge in [0.25, 0.3) is 0 Å². The van der Waals surface area contributed by atoms with Gasteiger partial charge in [0.2, 0.25) is 5.91 Å². The summed E-state index contributed by atoms with van der Waals surface area (Å²) in [5, 5.41) is 3.26. The smallest absolute Gasteiger partial charge is 0.226 e. The van der Waals surface area contributed by atoms with Gasteiger partial charge in [0.15, 0.2) is 0 Å². The van der Waals surface area contributed by atoms with Crippen LogP contribution < -0.4 is 10.2 Å².